The minimum Gasteiger partial charge on any atom is -0.147 e. The molecule has 0 atom stereocenters. The first-order chi connectivity index (χ1) is 18.9. The molecule has 0 unspecified atom stereocenters. The van der Waals surface area contributed by atoms with Crippen LogP contribution in [-0.2, 0) is 34.6 Å². The van der Waals surface area contributed by atoms with Crippen molar-refractivity contribution in [1.82, 2.24) is 0 Å². The van der Waals surface area contributed by atoms with Crippen LogP contribution in [0.4, 0.5) is 0 Å². The van der Waals surface area contributed by atoms with E-state index in [2.05, 4.69) is 158 Å². The van der Waals surface area contributed by atoms with Gasteiger partial charge in [-0.3, -0.25) is 0 Å². The van der Waals surface area contributed by atoms with E-state index in [-0.39, 0.29) is 35.6 Å². The van der Waals surface area contributed by atoms with Gasteiger partial charge < -0.3 is 0 Å². The van der Waals surface area contributed by atoms with Gasteiger partial charge in [0.05, 0.1) is 0 Å². The predicted molar refractivity (Wildman–Crippen MR) is 189 cm³/mol. The number of hydrogen-bond acceptors (Lipinski definition) is 0. The molecule has 0 fully saturated rings. The van der Waals surface area contributed by atoms with Crippen molar-refractivity contribution in [3.8, 4) is 11.1 Å². The van der Waals surface area contributed by atoms with E-state index in [0.29, 0.717) is 0 Å². The maximum Gasteiger partial charge on any atom is -0.147 e. The van der Waals surface area contributed by atoms with Crippen molar-refractivity contribution in [2.75, 3.05) is 0 Å². The molecule has 0 spiro atoms. The fourth-order valence-electron chi connectivity index (χ4n) is 7.45. The maximum atomic E-state index is 2.50. The third-order valence-corrected chi connectivity index (χ3v) is 35.6. The first-order valence-electron chi connectivity index (χ1n) is 14.7. The van der Waals surface area contributed by atoms with Gasteiger partial charge in [0.15, 0.2) is 0 Å². The first-order valence-corrected chi connectivity index (χ1v) is 25.6. The number of benzene rings is 4. The number of hydrogen-bond donors (Lipinski definition) is 0. The molecule has 4 aromatic carbocycles. The summed E-state index contributed by atoms with van der Waals surface area (Å²) in [6, 6.07) is 35.5. The van der Waals surface area contributed by atoms with Crippen LogP contribution in [0, 0.1) is 0 Å². The van der Waals surface area contributed by atoms with E-state index in [0.717, 1.165) is 12.8 Å². The molecule has 42 heavy (non-hydrogen) atoms. The van der Waals surface area contributed by atoms with Crippen LogP contribution in [0.2, 0.25) is 0 Å². The Labute approximate surface area is 268 Å². The molecule has 218 valence electrons. The second kappa shape index (κ2) is 11.5. The summed E-state index contributed by atoms with van der Waals surface area (Å²) in [5.41, 5.74) is 9.04. The summed E-state index contributed by atoms with van der Waals surface area (Å²) in [5, 5.41) is 0. The largest absolute Gasteiger partial charge is 0.147 e. The minimum atomic E-state index is -4.44. The van der Waals surface area contributed by atoms with Gasteiger partial charge in [-0.25, -0.2) is 0 Å². The van der Waals surface area contributed by atoms with Crippen molar-refractivity contribution in [1.29, 1.82) is 0 Å². The Hall–Kier alpha value is -1.96. The summed E-state index contributed by atoms with van der Waals surface area (Å²) in [4.78, 5) is 0. The van der Waals surface area contributed by atoms with E-state index in [1.807, 2.05) is 0 Å². The second-order valence-electron chi connectivity index (χ2n) is 14.1. The molecule has 0 bridgehead atoms. The van der Waals surface area contributed by atoms with Gasteiger partial charge in [0.2, 0.25) is 0 Å². The molecule has 0 saturated heterocycles. The van der Waals surface area contributed by atoms with Crippen molar-refractivity contribution < 1.29 is 17.4 Å². The van der Waals surface area contributed by atoms with Crippen molar-refractivity contribution in [3.63, 3.8) is 0 Å². The summed E-state index contributed by atoms with van der Waals surface area (Å²) < 4.78 is 6.44. The normalized spacial score (nSPS) is 14.4. The minimum absolute atomic E-state index is 0. The molecule has 0 saturated carbocycles. The Kier molecular flexibility index (Phi) is 9.03. The Morgan fingerprint density at radius 2 is 1.24 bits per heavy atom. The summed E-state index contributed by atoms with van der Waals surface area (Å²) in [5.74, 6) is 0. The molecule has 2 aliphatic rings. The zero-order valence-corrected chi connectivity index (χ0v) is 31.3. The topological polar surface area (TPSA) is 0 Å². The van der Waals surface area contributed by atoms with E-state index in [1.165, 1.54) is 27.8 Å². The quantitative estimate of drug-likeness (QED) is 0.168. The van der Waals surface area contributed by atoms with Crippen LogP contribution < -0.4 is 9.81 Å². The third kappa shape index (κ3) is 4.92. The SMILES string of the molecule is CC(C)(C)c1ccc2c(c1)Cc1c-2ccc(C(C)(C)C)[c]1[Zr](=[SiH2])([C]1=CC=CC1)([c]1ccccc1)[c]1ccccc1.Cl.Cl. The molecule has 0 N–H and O–H groups in total. The molecule has 0 aromatic heterocycles. The summed E-state index contributed by atoms with van der Waals surface area (Å²) in [6.45, 7) is 16.6. The Bertz CT molecular complexity index is 1710. The third-order valence-electron chi connectivity index (χ3n) is 9.60. The fraction of sp³-hybridized carbons (Fsp3) is 0.263. The number of allylic oxidation sites excluding steroid dienone is 4. The average molecular weight is 691 g/mol. The van der Waals surface area contributed by atoms with Crippen molar-refractivity contribution >= 4 is 41.5 Å². The van der Waals surface area contributed by atoms with Gasteiger partial charge in [0, 0.05) is 0 Å². The molecule has 0 radical (unpaired) electrons. The van der Waals surface area contributed by atoms with Crippen LogP contribution >= 0.6 is 24.8 Å². The van der Waals surface area contributed by atoms with E-state index in [9.17, 15) is 0 Å². The molecule has 0 heterocycles. The Balaban J connectivity index is 0.00000202. The predicted octanol–water partition coefficient (Wildman–Crippen LogP) is 8.05. The van der Waals surface area contributed by atoms with Crippen LogP contribution in [-0.4, -0.2) is 6.88 Å². The maximum absolute atomic E-state index is 4.44. The smallest absolute Gasteiger partial charge is 0.147 e. The van der Waals surface area contributed by atoms with E-state index < -0.39 is 17.4 Å². The van der Waals surface area contributed by atoms with E-state index >= 15 is 0 Å². The van der Waals surface area contributed by atoms with Gasteiger partial charge in [-0.05, 0) is 0 Å². The first kappa shape index (κ1) is 32.9. The zero-order valence-electron chi connectivity index (χ0n) is 25.8. The van der Waals surface area contributed by atoms with Gasteiger partial charge in [0.25, 0.3) is 0 Å². The molecule has 0 amide bonds. The number of fused-ring (bicyclic) bond motifs is 3. The van der Waals surface area contributed by atoms with E-state index in [1.54, 1.807) is 18.7 Å². The zero-order chi connectivity index (χ0) is 28.4. The van der Waals surface area contributed by atoms with Gasteiger partial charge in [-0.1, -0.05) is 0 Å². The monoisotopic (exact) mass is 688 g/mol. The Morgan fingerprint density at radius 1 is 0.667 bits per heavy atom. The fourth-order valence-corrected chi connectivity index (χ4v) is 30.9. The van der Waals surface area contributed by atoms with Crippen LogP contribution in [0.5, 0.6) is 0 Å². The summed E-state index contributed by atoms with van der Waals surface area (Å²) in [7, 11) is 0. The number of halogens is 2. The molecule has 2 aliphatic carbocycles. The summed E-state index contributed by atoms with van der Waals surface area (Å²) in [6.07, 6.45) is 9.23. The van der Waals surface area contributed by atoms with Gasteiger partial charge >= 0.3 is 245 Å². The van der Waals surface area contributed by atoms with Crippen molar-refractivity contribution in [2.24, 2.45) is 0 Å². The molecular weight excluding hydrogens is 647 g/mol. The van der Waals surface area contributed by atoms with Gasteiger partial charge in [0.1, 0.15) is 0 Å². The second-order valence-corrected chi connectivity index (χ2v) is 35.3. The molecule has 4 heteroatoms. The van der Waals surface area contributed by atoms with E-state index in [4.69, 9.17) is 0 Å². The summed E-state index contributed by atoms with van der Waals surface area (Å²) >= 11 is -4.44. The Morgan fingerprint density at radius 3 is 1.74 bits per heavy atom. The molecule has 0 aliphatic heterocycles. The average Bonchev–Trinajstić information content (AvgIpc) is 3.61. The van der Waals surface area contributed by atoms with Crippen LogP contribution in [0.25, 0.3) is 11.1 Å². The van der Waals surface area contributed by atoms with Crippen molar-refractivity contribution in [3.05, 3.63) is 135 Å². The van der Waals surface area contributed by atoms with Crippen LogP contribution in [0.1, 0.15) is 70.2 Å². The van der Waals surface area contributed by atoms with Crippen molar-refractivity contribution in [2.45, 2.75) is 65.2 Å². The van der Waals surface area contributed by atoms with Gasteiger partial charge in [-0.2, -0.15) is 0 Å². The molecular formula is C38H44Cl2SiZr. The number of rotatable bonds is 4. The van der Waals surface area contributed by atoms with Crippen LogP contribution in [0.3, 0.4) is 0 Å². The molecule has 6 rings (SSSR count). The van der Waals surface area contributed by atoms with Gasteiger partial charge in [-0.15, -0.1) is 24.8 Å². The standard InChI is InChI=1S/C21H25.2C6H5.C5H5.2ClH.H2Si.Zr/c1-20(2,3)16-7-9-18-14(12-16)11-15-13-17(21(4,5)6)8-10-19(15)18;2*1-2-4-6-5-3-1;1-2-4-5-3-1;;;;/h7-10,12H,11H2,1-6H3;2*1-5H;1-3H,4H2;2*1H;1H2;. The van der Waals surface area contributed by atoms with Crippen LogP contribution in [0.15, 0.2) is 113 Å². The molecule has 0 nitrogen and oxygen atoms in total. The molecule has 4 aromatic rings.